The van der Waals surface area contributed by atoms with Crippen LogP contribution in [-0.4, -0.2) is 28.9 Å². The molecule has 0 amide bonds. The van der Waals surface area contributed by atoms with Gasteiger partial charge in [-0.25, -0.2) is 15.0 Å². The lowest BCUT2D eigenvalue weighted by Crippen LogP contribution is -2.28. The standard InChI is InChI=1S/C32H20F3N3O3S/c33-32(34,35)42(39,40)41-27-20-19-21-9-7-8-14-26(21)28(27)22-15-17-25(18-16-22)31-37-29(23-10-3-1-4-11-23)36-30(38-31)24-12-5-2-6-13-24/h1-20H. The third-order valence-electron chi connectivity index (χ3n) is 6.50. The van der Waals surface area contributed by atoms with Gasteiger partial charge < -0.3 is 4.18 Å². The number of alkyl halides is 3. The van der Waals surface area contributed by atoms with Crippen LogP contribution in [0, 0.1) is 0 Å². The maximum Gasteiger partial charge on any atom is 0.534 e. The van der Waals surface area contributed by atoms with E-state index < -0.39 is 21.4 Å². The molecule has 10 heteroatoms. The smallest absolute Gasteiger partial charge is 0.375 e. The van der Waals surface area contributed by atoms with Gasteiger partial charge in [-0.15, -0.1) is 0 Å². The summed E-state index contributed by atoms with van der Waals surface area (Å²) in [5.41, 5.74) is -2.69. The van der Waals surface area contributed by atoms with Gasteiger partial charge in [0.25, 0.3) is 0 Å². The summed E-state index contributed by atoms with van der Waals surface area (Å²) in [6.45, 7) is 0. The Morgan fingerprint density at radius 1 is 0.524 bits per heavy atom. The predicted octanol–water partition coefficient (Wildman–Crippen LogP) is 7.92. The topological polar surface area (TPSA) is 82.0 Å². The minimum atomic E-state index is -5.89. The first kappa shape index (κ1) is 27.1. The van der Waals surface area contributed by atoms with Crippen molar-refractivity contribution in [2.75, 3.05) is 0 Å². The van der Waals surface area contributed by atoms with E-state index in [1.54, 1.807) is 48.5 Å². The van der Waals surface area contributed by atoms with Crippen LogP contribution in [-0.2, 0) is 10.1 Å². The summed E-state index contributed by atoms with van der Waals surface area (Å²) in [5, 5.41) is 1.23. The average molecular weight is 584 g/mol. The highest BCUT2D eigenvalue weighted by Crippen LogP contribution is 2.40. The Balaban J connectivity index is 1.47. The molecule has 0 radical (unpaired) electrons. The molecule has 42 heavy (non-hydrogen) atoms. The molecule has 1 aromatic heterocycles. The summed E-state index contributed by atoms with van der Waals surface area (Å²) in [5.74, 6) is 0.913. The highest BCUT2D eigenvalue weighted by Gasteiger charge is 2.48. The lowest BCUT2D eigenvalue weighted by atomic mass is 9.96. The van der Waals surface area contributed by atoms with Crippen molar-refractivity contribution >= 4 is 20.9 Å². The number of aromatic nitrogens is 3. The number of fused-ring (bicyclic) bond motifs is 1. The summed E-state index contributed by atoms with van der Waals surface area (Å²) < 4.78 is 68.0. The van der Waals surface area contributed by atoms with E-state index in [9.17, 15) is 21.6 Å². The number of halogens is 3. The molecular formula is C32H20F3N3O3S. The minimum Gasteiger partial charge on any atom is -0.375 e. The van der Waals surface area contributed by atoms with Crippen LogP contribution in [0.25, 0.3) is 56.1 Å². The number of nitrogens with zero attached hydrogens (tertiary/aromatic N) is 3. The van der Waals surface area contributed by atoms with Gasteiger partial charge in [0.05, 0.1) is 0 Å². The molecule has 1 heterocycles. The molecule has 0 aliphatic rings. The van der Waals surface area contributed by atoms with E-state index >= 15 is 0 Å². The van der Waals surface area contributed by atoms with Crippen molar-refractivity contribution in [3.05, 3.63) is 121 Å². The molecule has 6 nitrogen and oxygen atoms in total. The van der Waals surface area contributed by atoms with E-state index in [-0.39, 0.29) is 5.56 Å². The Morgan fingerprint density at radius 3 is 1.50 bits per heavy atom. The first-order valence-corrected chi connectivity index (χ1v) is 14.1. The van der Waals surface area contributed by atoms with Gasteiger partial charge in [0.15, 0.2) is 23.2 Å². The molecule has 0 N–H and O–H groups in total. The molecule has 208 valence electrons. The van der Waals surface area contributed by atoms with Gasteiger partial charge in [0.1, 0.15) is 0 Å². The lowest BCUT2D eigenvalue weighted by molar-refractivity contribution is -0.0499. The number of hydrogen-bond donors (Lipinski definition) is 0. The molecular weight excluding hydrogens is 563 g/mol. The second-order valence-electron chi connectivity index (χ2n) is 9.26. The first-order chi connectivity index (χ1) is 20.2. The van der Waals surface area contributed by atoms with Gasteiger partial charge in [-0.1, -0.05) is 115 Å². The Hall–Kier alpha value is -5.09. The zero-order chi connectivity index (χ0) is 29.3. The van der Waals surface area contributed by atoms with Crippen LogP contribution in [0.5, 0.6) is 5.75 Å². The first-order valence-electron chi connectivity index (χ1n) is 12.7. The molecule has 0 saturated carbocycles. The third kappa shape index (κ3) is 5.31. The highest BCUT2D eigenvalue weighted by molar-refractivity contribution is 7.88. The fraction of sp³-hybridized carbons (Fsp3) is 0.0312. The Bertz CT molecular complexity index is 1940. The molecule has 0 spiro atoms. The Morgan fingerprint density at radius 2 is 0.976 bits per heavy atom. The van der Waals surface area contributed by atoms with E-state index in [4.69, 9.17) is 9.97 Å². The molecule has 6 rings (SSSR count). The second-order valence-corrected chi connectivity index (χ2v) is 10.8. The number of benzene rings is 5. The van der Waals surface area contributed by atoms with Gasteiger partial charge in [0.2, 0.25) is 0 Å². The fourth-order valence-electron chi connectivity index (χ4n) is 4.51. The van der Waals surface area contributed by atoms with E-state index in [0.717, 1.165) is 11.1 Å². The Labute approximate surface area is 239 Å². The van der Waals surface area contributed by atoms with Gasteiger partial charge in [-0.3, -0.25) is 0 Å². The van der Waals surface area contributed by atoms with E-state index in [2.05, 4.69) is 9.17 Å². The molecule has 0 aliphatic carbocycles. The monoisotopic (exact) mass is 583 g/mol. The summed E-state index contributed by atoms with van der Waals surface area (Å²) in [6.07, 6.45) is 0. The number of rotatable bonds is 6. The van der Waals surface area contributed by atoms with Crippen LogP contribution in [0.4, 0.5) is 13.2 Å². The van der Waals surface area contributed by atoms with Crippen molar-refractivity contribution in [2.24, 2.45) is 0 Å². The zero-order valence-electron chi connectivity index (χ0n) is 21.7. The largest absolute Gasteiger partial charge is 0.534 e. The summed E-state index contributed by atoms with van der Waals surface area (Å²) in [7, 11) is -5.89. The second kappa shape index (κ2) is 10.7. The van der Waals surface area contributed by atoms with E-state index in [0.29, 0.717) is 39.4 Å². The van der Waals surface area contributed by atoms with E-state index in [1.807, 2.05) is 60.7 Å². The summed E-state index contributed by atoms with van der Waals surface area (Å²) >= 11 is 0. The molecule has 0 saturated heterocycles. The van der Waals surface area contributed by atoms with Gasteiger partial charge in [-0.2, -0.15) is 21.6 Å². The molecule has 0 unspecified atom stereocenters. The van der Waals surface area contributed by atoms with Crippen molar-refractivity contribution in [1.82, 2.24) is 15.0 Å². The van der Waals surface area contributed by atoms with Gasteiger partial charge in [0, 0.05) is 22.3 Å². The Kier molecular flexibility index (Phi) is 6.91. The summed E-state index contributed by atoms with van der Waals surface area (Å²) in [4.78, 5) is 14.1. The molecule has 5 aromatic carbocycles. The van der Waals surface area contributed by atoms with Crippen LogP contribution in [0.1, 0.15) is 0 Å². The predicted molar refractivity (Wildman–Crippen MR) is 155 cm³/mol. The average Bonchev–Trinajstić information content (AvgIpc) is 3.01. The molecule has 0 bridgehead atoms. The quantitative estimate of drug-likeness (QED) is 0.146. The van der Waals surface area contributed by atoms with Crippen LogP contribution >= 0.6 is 0 Å². The number of hydrogen-bond acceptors (Lipinski definition) is 6. The minimum absolute atomic E-state index is 0.207. The summed E-state index contributed by atoms with van der Waals surface area (Å²) in [6, 6.07) is 35.4. The van der Waals surface area contributed by atoms with Gasteiger partial charge >= 0.3 is 15.6 Å². The molecule has 0 aliphatic heterocycles. The normalized spacial score (nSPS) is 11.9. The fourth-order valence-corrected chi connectivity index (χ4v) is 4.98. The molecule has 0 atom stereocenters. The third-order valence-corrected chi connectivity index (χ3v) is 7.47. The van der Waals surface area contributed by atoms with Crippen molar-refractivity contribution in [3.8, 4) is 51.0 Å². The lowest BCUT2D eigenvalue weighted by Gasteiger charge is -2.16. The molecule has 0 fully saturated rings. The SMILES string of the molecule is O=S(=O)(Oc1ccc2ccccc2c1-c1ccc(-c2nc(-c3ccccc3)nc(-c3ccccc3)n2)cc1)C(F)(F)F. The van der Waals surface area contributed by atoms with Crippen molar-refractivity contribution in [2.45, 2.75) is 5.51 Å². The molecule has 6 aromatic rings. The van der Waals surface area contributed by atoms with Crippen LogP contribution in [0.2, 0.25) is 0 Å². The highest BCUT2D eigenvalue weighted by atomic mass is 32.2. The van der Waals surface area contributed by atoms with Crippen molar-refractivity contribution < 1.29 is 25.8 Å². The maximum absolute atomic E-state index is 13.2. The maximum atomic E-state index is 13.2. The van der Waals surface area contributed by atoms with Gasteiger partial charge in [-0.05, 0) is 22.4 Å². The zero-order valence-corrected chi connectivity index (χ0v) is 22.5. The van der Waals surface area contributed by atoms with Crippen LogP contribution in [0.3, 0.4) is 0 Å². The van der Waals surface area contributed by atoms with E-state index in [1.165, 1.54) is 12.1 Å². The van der Waals surface area contributed by atoms with Crippen molar-refractivity contribution in [1.29, 1.82) is 0 Å². The van der Waals surface area contributed by atoms with Crippen LogP contribution in [0.15, 0.2) is 121 Å². The van der Waals surface area contributed by atoms with Crippen LogP contribution < -0.4 is 4.18 Å². The van der Waals surface area contributed by atoms with Crippen molar-refractivity contribution in [3.63, 3.8) is 0 Å².